The van der Waals surface area contributed by atoms with Crippen molar-refractivity contribution in [2.75, 3.05) is 5.32 Å². The van der Waals surface area contributed by atoms with Crippen molar-refractivity contribution in [2.45, 2.75) is 24.1 Å². The van der Waals surface area contributed by atoms with Crippen LogP contribution >= 0.6 is 23.1 Å². The second-order valence-electron chi connectivity index (χ2n) is 9.62. The molecule has 5 nitrogen and oxygen atoms in total. The summed E-state index contributed by atoms with van der Waals surface area (Å²) >= 11 is 2.81. The van der Waals surface area contributed by atoms with Gasteiger partial charge in [-0.05, 0) is 73.3 Å². The SMILES string of the molecule is Cc1ccc(-c2cc(-c3ccccc3)c(C#N)c(SC(C)C(=O)Nc3ccc(C(=O)/C=C/c4cccs4)cc3)n2)cc1. The molecule has 0 radical (unpaired) electrons. The Morgan fingerprint density at radius 1 is 0.952 bits per heavy atom. The lowest BCUT2D eigenvalue weighted by Gasteiger charge is -2.16. The van der Waals surface area contributed by atoms with E-state index in [1.54, 1.807) is 54.7 Å². The molecule has 0 aliphatic carbocycles. The normalized spacial score (nSPS) is 11.6. The highest BCUT2D eigenvalue weighted by molar-refractivity contribution is 8.00. The summed E-state index contributed by atoms with van der Waals surface area (Å²) in [7, 11) is 0. The zero-order valence-corrected chi connectivity index (χ0v) is 24.7. The quantitative estimate of drug-likeness (QED) is 0.106. The van der Waals surface area contributed by atoms with Gasteiger partial charge < -0.3 is 5.32 Å². The van der Waals surface area contributed by atoms with Crippen LogP contribution in [0.3, 0.4) is 0 Å². The minimum absolute atomic E-state index is 0.108. The first kappa shape index (κ1) is 28.7. The van der Waals surface area contributed by atoms with Crippen LogP contribution in [0.2, 0.25) is 0 Å². The third kappa shape index (κ3) is 6.92. The van der Waals surface area contributed by atoms with Crippen LogP contribution in [0.5, 0.6) is 0 Å². The molecule has 5 aromatic rings. The Labute approximate surface area is 253 Å². The van der Waals surface area contributed by atoms with Gasteiger partial charge in [-0.2, -0.15) is 5.26 Å². The predicted molar refractivity (Wildman–Crippen MR) is 173 cm³/mol. The highest BCUT2D eigenvalue weighted by atomic mass is 32.2. The fourth-order valence-corrected chi connectivity index (χ4v) is 5.80. The predicted octanol–water partition coefficient (Wildman–Crippen LogP) is 8.67. The molecule has 0 saturated heterocycles. The summed E-state index contributed by atoms with van der Waals surface area (Å²) in [4.78, 5) is 31.6. The maximum Gasteiger partial charge on any atom is 0.237 e. The van der Waals surface area contributed by atoms with E-state index in [0.717, 1.165) is 32.8 Å². The molecule has 1 N–H and O–H groups in total. The Kier molecular flexibility index (Phi) is 9.08. The van der Waals surface area contributed by atoms with Gasteiger partial charge in [0, 0.05) is 27.3 Å². The van der Waals surface area contributed by atoms with E-state index >= 15 is 0 Å². The van der Waals surface area contributed by atoms with Crippen molar-refractivity contribution in [3.05, 3.63) is 130 Å². The number of ketones is 1. The number of thioether (sulfide) groups is 1. The number of allylic oxidation sites excluding steroid dienone is 1. The van der Waals surface area contributed by atoms with Gasteiger partial charge in [-0.15, -0.1) is 11.3 Å². The van der Waals surface area contributed by atoms with Crippen molar-refractivity contribution in [3.63, 3.8) is 0 Å². The molecule has 0 aliphatic heterocycles. The second-order valence-corrected chi connectivity index (χ2v) is 11.9. The largest absolute Gasteiger partial charge is 0.325 e. The maximum atomic E-state index is 13.2. The minimum Gasteiger partial charge on any atom is -0.325 e. The number of aromatic nitrogens is 1. The molecule has 5 rings (SSSR count). The lowest BCUT2D eigenvalue weighted by atomic mass is 9.99. The van der Waals surface area contributed by atoms with E-state index in [4.69, 9.17) is 4.98 Å². The first-order chi connectivity index (χ1) is 20.4. The molecular weight excluding hydrogens is 559 g/mol. The van der Waals surface area contributed by atoms with Crippen LogP contribution in [0.4, 0.5) is 5.69 Å². The summed E-state index contributed by atoms with van der Waals surface area (Å²) in [5.41, 5.74) is 6.03. The van der Waals surface area contributed by atoms with E-state index in [1.165, 1.54) is 11.8 Å². The fraction of sp³-hybridized carbons (Fsp3) is 0.0857. The number of thiophene rings is 1. The van der Waals surface area contributed by atoms with Crippen molar-refractivity contribution in [1.82, 2.24) is 4.98 Å². The number of hydrogen-bond acceptors (Lipinski definition) is 6. The number of pyridine rings is 1. The highest BCUT2D eigenvalue weighted by Gasteiger charge is 2.21. The number of rotatable bonds is 9. The van der Waals surface area contributed by atoms with Crippen LogP contribution in [0.25, 0.3) is 28.5 Å². The lowest BCUT2D eigenvalue weighted by Crippen LogP contribution is -2.22. The number of nitriles is 1. The Bertz CT molecular complexity index is 1770. The molecule has 7 heteroatoms. The van der Waals surface area contributed by atoms with Crippen LogP contribution in [-0.2, 0) is 4.79 Å². The summed E-state index contributed by atoms with van der Waals surface area (Å²) in [6.07, 6.45) is 3.34. The molecule has 206 valence electrons. The van der Waals surface area contributed by atoms with Gasteiger partial charge in [-0.1, -0.05) is 78.0 Å². The molecule has 2 heterocycles. The van der Waals surface area contributed by atoms with Gasteiger partial charge in [-0.25, -0.2) is 4.98 Å². The first-order valence-corrected chi connectivity index (χ1v) is 15.1. The van der Waals surface area contributed by atoms with Crippen molar-refractivity contribution in [2.24, 2.45) is 0 Å². The summed E-state index contributed by atoms with van der Waals surface area (Å²) < 4.78 is 0. The molecule has 0 fully saturated rings. The summed E-state index contributed by atoms with van der Waals surface area (Å²) in [6.45, 7) is 3.82. The number of nitrogens with zero attached hydrogens (tertiary/aromatic N) is 2. The topological polar surface area (TPSA) is 82.9 Å². The molecule has 0 bridgehead atoms. The molecule has 2 aromatic heterocycles. The maximum absolute atomic E-state index is 13.2. The smallest absolute Gasteiger partial charge is 0.237 e. The van der Waals surface area contributed by atoms with E-state index in [1.807, 2.05) is 85.1 Å². The molecular formula is C35H27N3O2S2. The lowest BCUT2D eigenvalue weighted by molar-refractivity contribution is -0.115. The van der Waals surface area contributed by atoms with Gasteiger partial charge in [-0.3, -0.25) is 9.59 Å². The van der Waals surface area contributed by atoms with Gasteiger partial charge in [0.1, 0.15) is 11.1 Å². The highest BCUT2D eigenvalue weighted by Crippen LogP contribution is 2.36. The number of hydrogen-bond donors (Lipinski definition) is 1. The number of amides is 1. The van der Waals surface area contributed by atoms with Gasteiger partial charge in [0.2, 0.25) is 5.91 Å². The van der Waals surface area contributed by atoms with E-state index in [2.05, 4.69) is 11.4 Å². The van der Waals surface area contributed by atoms with Crippen LogP contribution in [-0.4, -0.2) is 21.9 Å². The average molecular weight is 586 g/mol. The number of carbonyl (C=O) groups excluding carboxylic acids is 2. The van der Waals surface area contributed by atoms with Gasteiger partial charge >= 0.3 is 0 Å². The van der Waals surface area contributed by atoms with E-state index in [9.17, 15) is 14.9 Å². The Morgan fingerprint density at radius 3 is 2.36 bits per heavy atom. The molecule has 3 aromatic carbocycles. The summed E-state index contributed by atoms with van der Waals surface area (Å²) in [5.74, 6) is -0.340. The van der Waals surface area contributed by atoms with Crippen molar-refractivity contribution >= 4 is 46.6 Å². The van der Waals surface area contributed by atoms with Crippen LogP contribution in [0, 0.1) is 18.3 Å². The molecule has 1 unspecified atom stereocenters. The molecule has 0 spiro atoms. The molecule has 1 atom stereocenters. The Hall–Kier alpha value is -4.77. The van der Waals surface area contributed by atoms with Crippen molar-refractivity contribution in [3.8, 4) is 28.5 Å². The Balaban J connectivity index is 1.35. The fourth-order valence-electron chi connectivity index (χ4n) is 4.26. The zero-order chi connectivity index (χ0) is 29.5. The number of carbonyl (C=O) groups is 2. The molecule has 0 aliphatic rings. The first-order valence-electron chi connectivity index (χ1n) is 13.3. The number of anilines is 1. The van der Waals surface area contributed by atoms with E-state index in [-0.39, 0.29) is 11.7 Å². The number of benzene rings is 3. The van der Waals surface area contributed by atoms with E-state index in [0.29, 0.717) is 21.8 Å². The Morgan fingerprint density at radius 2 is 1.69 bits per heavy atom. The number of aryl methyl sites for hydroxylation is 1. The van der Waals surface area contributed by atoms with Crippen LogP contribution in [0.15, 0.2) is 114 Å². The monoisotopic (exact) mass is 585 g/mol. The van der Waals surface area contributed by atoms with Crippen molar-refractivity contribution < 1.29 is 9.59 Å². The molecule has 42 heavy (non-hydrogen) atoms. The van der Waals surface area contributed by atoms with Gasteiger partial charge in [0.05, 0.1) is 16.5 Å². The third-order valence-corrected chi connectivity index (χ3v) is 8.49. The molecule has 0 saturated carbocycles. The summed E-state index contributed by atoms with van der Waals surface area (Å²) in [5, 5.41) is 15.0. The third-order valence-electron chi connectivity index (χ3n) is 6.57. The number of nitrogens with one attached hydrogen (secondary N) is 1. The van der Waals surface area contributed by atoms with Crippen LogP contribution < -0.4 is 5.32 Å². The summed E-state index contributed by atoms with van der Waals surface area (Å²) in [6, 6.07) is 32.8. The standard InChI is InChI=1S/C35H27N3O2S2/c1-23-10-12-26(13-11-23)32-21-30(25-7-4-3-5-8-25)31(22-36)35(38-32)42-24(2)34(40)37-28-16-14-27(15-17-28)33(39)19-18-29-9-6-20-41-29/h3-21,24H,1-2H3,(H,37,40)/b19-18+. The second kappa shape index (κ2) is 13.3. The van der Waals surface area contributed by atoms with Crippen molar-refractivity contribution in [1.29, 1.82) is 5.26 Å². The zero-order valence-electron chi connectivity index (χ0n) is 23.1. The molecule has 1 amide bonds. The van der Waals surface area contributed by atoms with Gasteiger partial charge in [0.25, 0.3) is 0 Å². The average Bonchev–Trinajstić information content (AvgIpc) is 3.54. The van der Waals surface area contributed by atoms with Crippen LogP contribution in [0.1, 0.15) is 33.3 Å². The minimum atomic E-state index is -0.545. The van der Waals surface area contributed by atoms with E-state index < -0.39 is 5.25 Å². The van der Waals surface area contributed by atoms with Gasteiger partial charge in [0.15, 0.2) is 5.78 Å².